The van der Waals surface area contributed by atoms with E-state index >= 15 is 0 Å². The topological polar surface area (TPSA) is 98.2 Å². The van der Waals surface area contributed by atoms with Crippen LogP contribution in [0.2, 0.25) is 0 Å². The van der Waals surface area contributed by atoms with Crippen molar-refractivity contribution in [3.05, 3.63) is 65.7 Å². The van der Waals surface area contributed by atoms with Gasteiger partial charge in [-0.1, -0.05) is 48.5 Å². The number of urea groups is 1. The third-order valence-electron chi connectivity index (χ3n) is 5.53. The molecule has 0 saturated heterocycles. The Balaban J connectivity index is 0.00000256. The number of fused-ring (bicyclic) bond motifs is 1. The number of para-hydroxylation sites is 1. The van der Waals surface area contributed by atoms with E-state index in [2.05, 4.69) is 0 Å². The van der Waals surface area contributed by atoms with Gasteiger partial charge in [0.05, 0.1) is 5.92 Å². The fourth-order valence-corrected chi connectivity index (χ4v) is 3.86. The predicted octanol–water partition coefficient (Wildman–Crippen LogP) is 1.98. The number of carbonyl (C=O) groups is 3. The van der Waals surface area contributed by atoms with Gasteiger partial charge in [-0.15, -0.1) is 0 Å². The summed E-state index contributed by atoms with van der Waals surface area (Å²) in [6.45, 7) is 2.09. The number of nitrogens with zero attached hydrogens (tertiary/aromatic N) is 2. The number of rotatable bonds is 8. The molecule has 1 unspecified atom stereocenters. The minimum atomic E-state index is -1.07. The van der Waals surface area contributed by atoms with Crippen molar-refractivity contribution in [1.29, 1.82) is 0 Å². The fourth-order valence-electron chi connectivity index (χ4n) is 3.86. The van der Waals surface area contributed by atoms with Crippen LogP contribution in [0, 0.1) is 5.92 Å². The molecule has 2 N–H and O–H groups in total. The molecule has 0 aromatic heterocycles. The summed E-state index contributed by atoms with van der Waals surface area (Å²) >= 11 is 0. The molecule has 1 heterocycles. The van der Waals surface area contributed by atoms with E-state index in [0.717, 1.165) is 11.1 Å². The van der Waals surface area contributed by atoms with Gasteiger partial charge < -0.3 is 15.1 Å². The van der Waals surface area contributed by atoms with E-state index in [1.54, 1.807) is 19.1 Å². The molecule has 1 aliphatic rings. The summed E-state index contributed by atoms with van der Waals surface area (Å²) in [5.74, 6) is -2.78. The van der Waals surface area contributed by atoms with Crippen LogP contribution in [0.25, 0.3) is 0 Å². The second kappa shape index (κ2) is 13.4. The maximum absolute atomic E-state index is 13.3. The van der Waals surface area contributed by atoms with Crippen molar-refractivity contribution in [1.82, 2.24) is 4.90 Å². The van der Waals surface area contributed by atoms with Crippen molar-refractivity contribution in [3.63, 3.8) is 0 Å². The van der Waals surface area contributed by atoms with Gasteiger partial charge in [0.15, 0.2) is 0 Å². The molecule has 3 rings (SSSR count). The van der Waals surface area contributed by atoms with Crippen molar-refractivity contribution in [2.24, 2.45) is 5.92 Å². The summed E-state index contributed by atoms with van der Waals surface area (Å²) in [6.07, 6.45) is 1.22. The number of amides is 2. The third kappa shape index (κ3) is 6.83. The molecular formula is C23H28N2Na2O5. The van der Waals surface area contributed by atoms with Crippen LogP contribution in [0.1, 0.15) is 24.5 Å². The Hall–Kier alpha value is -1.35. The Morgan fingerprint density at radius 3 is 2.25 bits per heavy atom. The summed E-state index contributed by atoms with van der Waals surface area (Å²) < 4.78 is 0. The van der Waals surface area contributed by atoms with E-state index in [0.29, 0.717) is 25.1 Å². The second-order valence-electron chi connectivity index (χ2n) is 7.44. The first-order valence-electron chi connectivity index (χ1n) is 10.1. The molecule has 0 saturated carbocycles. The number of carboxylic acids is 2. The second-order valence-corrected chi connectivity index (χ2v) is 7.44. The van der Waals surface area contributed by atoms with Crippen LogP contribution in [-0.4, -0.2) is 111 Å². The van der Waals surface area contributed by atoms with Crippen molar-refractivity contribution >= 4 is 82.8 Å². The van der Waals surface area contributed by atoms with Crippen LogP contribution in [-0.2, 0) is 22.4 Å². The zero-order valence-corrected chi connectivity index (χ0v) is 16.9. The van der Waals surface area contributed by atoms with Crippen molar-refractivity contribution < 1.29 is 24.6 Å². The third-order valence-corrected chi connectivity index (χ3v) is 5.53. The van der Waals surface area contributed by atoms with Crippen LogP contribution in [0.3, 0.4) is 0 Å². The molecule has 0 bridgehead atoms. The zero-order chi connectivity index (χ0) is 21.7. The Kier molecular flexibility index (Phi) is 12.0. The standard InChI is InChI=1S/C23H26N2O5.2Na.2H/c1-2-24(15-18(21(26)27)13-12-16-8-4-3-5-9-16)23(30)25-19-11-7-6-10-17(19)14-20(25)22(28)29;;;;/h3-11,18,20H,2,12-15H2,1H3,(H,26,27)(H,28,29);;;;/t18-,20?;;;;/m1..../s1. The number of benzene rings is 2. The number of hydrogen-bond acceptors (Lipinski definition) is 3. The molecule has 1 aliphatic heterocycles. The first-order valence-corrected chi connectivity index (χ1v) is 10.1. The summed E-state index contributed by atoms with van der Waals surface area (Å²) in [5, 5.41) is 19.3. The van der Waals surface area contributed by atoms with E-state index in [9.17, 15) is 24.6 Å². The van der Waals surface area contributed by atoms with Gasteiger partial charge in [0.2, 0.25) is 0 Å². The average Bonchev–Trinajstić information content (AvgIpc) is 3.14. The molecule has 0 spiro atoms. The molecular weight excluding hydrogens is 430 g/mol. The molecule has 162 valence electrons. The van der Waals surface area contributed by atoms with Crippen LogP contribution >= 0.6 is 0 Å². The molecule has 0 fully saturated rings. The Morgan fingerprint density at radius 2 is 1.66 bits per heavy atom. The van der Waals surface area contributed by atoms with E-state index < -0.39 is 29.9 Å². The molecule has 0 aliphatic carbocycles. The number of carboxylic acid groups (broad SMARTS) is 2. The Bertz CT molecular complexity index is 926. The molecule has 2 aromatic carbocycles. The summed E-state index contributed by atoms with van der Waals surface area (Å²) in [5.41, 5.74) is 2.41. The van der Waals surface area contributed by atoms with E-state index in [-0.39, 0.29) is 72.1 Å². The molecule has 32 heavy (non-hydrogen) atoms. The summed E-state index contributed by atoms with van der Waals surface area (Å²) in [7, 11) is 0. The number of carbonyl (C=O) groups excluding carboxylic acids is 1. The van der Waals surface area contributed by atoms with Gasteiger partial charge >= 0.3 is 77.1 Å². The molecule has 2 aromatic rings. The van der Waals surface area contributed by atoms with E-state index in [1.165, 1.54) is 9.80 Å². The average molecular weight is 458 g/mol. The van der Waals surface area contributed by atoms with E-state index in [1.807, 2.05) is 42.5 Å². The van der Waals surface area contributed by atoms with Crippen molar-refractivity contribution in [3.8, 4) is 0 Å². The van der Waals surface area contributed by atoms with Gasteiger partial charge in [-0.05, 0) is 37.0 Å². The van der Waals surface area contributed by atoms with Gasteiger partial charge in [0.25, 0.3) is 0 Å². The number of aryl methyl sites for hydroxylation is 1. The minimum absolute atomic E-state index is 0. The Labute approximate surface area is 232 Å². The monoisotopic (exact) mass is 458 g/mol. The molecule has 2 amide bonds. The van der Waals surface area contributed by atoms with Crippen LogP contribution in [0.15, 0.2) is 54.6 Å². The Morgan fingerprint density at radius 1 is 1.03 bits per heavy atom. The van der Waals surface area contributed by atoms with Gasteiger partial charge in [-0.3, -0.25) is 9.69 Å². The van der Waals surface area contributed by atoms with Crippen molar-refractivity contribution in [2.45, 2.75) is 32.2 Å². The normalized spacial score (nSPS) is 15.0. The summed E-state index contributed by atoms with van der Waals surface area (Å²) in [4.78, 5) is 39.6. The van der Waals surface area contributed by atoms with Crippen molar-refractivity contribution in [2.75, 3.05) is 18.0 Å². The van der Waals surface area contributed by atoms with Gasteiger partial charge in [-0.25, -0.2) is 9.59 Å². The fraction of sp³-hybridized carbons (Fsp3) is 0.348. The molecule has 0 radical (unpaired) electrons. The van der Waals surface area contributed by atoms with Gasteiger partial charge in [-0.2, -0.15) is 0 Å². The van der Waals surface area contributed by atoms with Crippen LogP contribution in [0.4, 0.5) is 10.5 Å². The molecule has 9 heteroatoms. The van der Waals surface area contributed by atoms with Gasteiger partial charge in [0.1, 0.15) is 6.04 Å². The number of aliphatic carboxylic acids is 2. The maximum atomic E-state index is 13.3. The molecule has 7 nitrogen and oxygen atoms in total. The van der Waals surface area contributed by atoms with Crippen LogP contribution < -0.4 is 4.90 Å². The number of anilines is 1. The first kappa shape index (κ1) is 28.7. The summed E-state index contributed by atoms with van der Waals surface area (Å²) in [6, 6.07) is 15.3. The first-order chi connectivity index (χ1) is 14.4. The SMILES string of the molecule is CCN(C[C@@H](CCc1ccccc1)C(=O)O)C(=O)N1c2ccccc2CC1C(=O)O.[NaH].[NaH]. The van der Waals surface area contributed by atoms with E-state index in [4.69, 9.17) is 0 Å². The predicted molar refractivity (Wildman–Crippen MR) is 127 cm³/mol. The van der Waals surface area contributed by atoms with Crippen LogP contribution in [0.5, 0.6) is 0 Å². The van der Waals surface area contributed by atoms with Gasteiger partial charge in [0, 0.05) is 25.2 Å². The quantitative estimate of drug-likeness (QED) is 0.590. The number of hydrogen-bond donors (Lipinski definition) is 2. The zero-order valence-electron chi connectivity index (χ0n) is 16.9. The molecule has 2 atom stereocenters.